The van der Waals surface area contributed by atoms with Gasteiger partial charge in [-0.2, -0.15) is 23.1 Å². The van der Waals surface area contributed by atoms with Crippen LogP contribution in [0.25, 0.3) is 22.2 Å². The molecule has 3 aliphatic rings. The molecule has 0 amide bonds. The van der Waals surface area contributed by atoms with Crippen LogP contribution in [-0.4, -0.2) is 84.0 Å². The first-order valence-electron chi connectivity index (χ1n) is 14.1. The molecule has 2 aromatic heterocycles. The second-order valence-electron chi connectivity index (χ2n) is 11.4. The van der Waals surface area contributed by atoms with Gasteiger partial charge in [0.2, 0.25) is 5.88 Å². The van der Waals surface area contributed by atoms with E-state index in [0.29, 0.717) is 26.1 Å². The SMILES string of the molecule is CNCCN1c2nc(OC[C@@]34CCCN3C[C@H](F)C4)nc3c(F)c(-c4cc(N)cc(Cl)c4C(F)(F)F)nc(c23)OCC1C. The van der Waals surface area contributed by atoms with E-state index in [4.69, 9.17) is 26.8 Å². The lowest BCUT2D eigenvalue weighted by atomic mass is 9.95. The molecule has 232 valence electrons. The van der Waals surface area contributed by atoms with Crippen LogP contribution in [0.5, 0.6) is 11.9 Å². The molecular weight excluding hydrogens is 597 g/mol. The average Bonchev–Trinajstić information content (AvgIpc) is 3.41. The van der Waals surface area contributed by atoms with Gasteiger partial charge in [-0.3, -0.25) is 4.90 Å². The number of fused-ring (bicyclic) bond motifs is 1. The summed E-state index contributed by atoms with van der Waals surface area (Å²) in [6.45, 7) is 4.10. The van der Waals surface area contributed by atoms with Crippen LogP contribution < -0.4 is 25.4 Å². The van der Waals surface area contributed by atoms with Crippen molar-refractivity contribution in [1.82, 2.24) is 25.2 Å². The summed E-state index contributed by atoms with van der Waals surface area (Å²) in [5.74, 6) is -1.00. The zero-order chi connectivity index (χ0) is 30.7. The van der Waals surface area contributed by atoms with Crippen molar-refractivity contribution >= 4 is 34.0 Å². The van der Waals surface area contributed by atoms with Crippen LogP contribution in [0.2, 0.25) is 5.02 Å². The minimum Gasteiger partial charge on any atom is -0.475 e. The number of pyridine rings is 1. The maximum atomic E-state index is 16.5. The van der Waals surface area contributed by atoms with Gasteiger partial charge in [-0.25, -0.2) is 13.8 Å². The third-order valence-corrected chi connectivity index (χ3v) is 8.76. The normalized spacial score (nSPS) is 23.9. The van der Waals surface area contributed by atoms with E-state index in [0.717, 1.165) is 31.5 Å². The van der Waals surface area contributed by atoms with Gasteiger partial charge in [0.25, 0.3) is 0 Å². The van der Waals surface area contributed by atoms with E-state index in [2.05, 4.69) is 25.2 Å². The fourth-order valence-corrected chi connectivity index (χ4v) is 6.80. The first kappa shape index (κ1) is 29.8. The van der Waals surface area contributed by atoms with E-state index in [1.54, 1.807) is 7.05 Å². The summed E-state index contributed by atoms with van der Waals surface area (Å²) in [6, 6.07) is 1.46. The van der Waals surface area contributed by atoms with Crippen molar-refractivity contribution in [3.05, 3.63) is 28.5 Å². The van der Waals surface area contributed by atoms with Gasteiger partial charge in [-0.15, -0.1) is 0 Å². The summed E-state index contributed by atoms with van der Waals surface area (Å²) in [6.07, 6.45) is -4.00. The number of nitrogen functional groups attached to an aromatic ring is 1. The van der Waals surface area contributed by atoms with Crippen molar-refractivity contribution in [1.29, 1.82) is 0 Å². The van der Waals surface area contributed by atoms with Gasteiger partial charge in [-0.1, -0.05) is 11.6 Å². The number of hydrogen-bond donors (Lipinski definition) is 2. The number of ether oxygens (including phenoxy) is 2. The number of nitrogens with one attached hydrogen (secondary N) is 1. The van der Waals surface area contributed by atoms with E-state index in [1.165, 1.54) is 0 Å². The predicted octanol–water partition coefficient (Wildman–Crippen LogP) is 4.85. The predicted molar refractivity (Wildman–Crippen MR) is 152 cm³/mol. The molecule has 0 bridgehead atoms. The molecule has 1 unspecified atom stereocenters. The van der Waals surface area contributed by atoms with Gasteiger partial charge in [0.15, 0.2) is 5.82 Å². The Morgan fingerprint density at radius 1 is 1.26 bits per heavy atom. The number of nitrogens with two attached hydrogens (primary N) is 1. The number of hydrogen-bond acceptors (Lipinski definition) is 9. The Balaban J connectivity index is 1.54. The Labute approximate surface area is 249 Å². The number of halogens is 6. The summed E-state index contributed by atoms with van der Waals surface area (Å²) in [5.41, 5.74) is 2.27. The zero-order valence-corrected chi connectivity index (χ0v) is 24.3. The molecule has 3 aliphatic heterocycles. The number of alkyl halides is 4. The molecule has 3 aromatic rings. The van der Waals surface area contributed by atoms with E-state index in [1.807, 2.05) is 11.8 Å². The van der Waals surface area contributed by atoms with Gasteiger partial charge >= 0.3 is 12.2 Å². The van der Waals surface area contributed by atoms with Gasteiger partial charge in [0.1, 0.15) is 41.8 Å². The highest BCUT2D eigenvalue weighted by Crippen LogP contribution is 2.46. The molecule has 0 saturated carbocycles. The second kappa shape index (κ2) is 11.0. The van der Waals surface area contributed by atoms with Crippen LogP contribution in [0.15, 0.2) is 12.1 Å². The van der Waals surface area contributed by atoms with Crippen molar-refractivity contribution in [2.24, 2.45) is 0 Å². The standard InChI is InChI=1S/C28H31ClF5N7O2/c1-14-12-42-25-19-23(21(31)22(37-25)17-8-16(35)9-18(29)20(17)28(32,33)34)38-26(39-24(19)41(14)7-5-36-2)43-13-27-4-3-6-40(27)11-15(30)10-27/h8-9,14-15,36H,3-7,10-13,35H2,1-2H3/t14?,15-,27+/m1/s1. The Morgan fingerprint density at radius 3 is 2.79 bits per heavy atom. The number of rotatable bonds is 7. The van der Waals surface area contributed by atoms with Crippen LogP contribution in [-0.2, 0) is 6.18 Å². The largest absolute Gasteiger partial charge is 0.475 e. The number of benzene rings is 1. The van der Waals surface area contributed by atoms with E-state index >= 15 is 4.39 Å². The summed E-state index contributed by atoms with van der Waals surface area (Å²) in [7, 11) is 1.78. The number of nitrogens with zero attached hydrogens (tertiary/aromatic N) is 5. The molecule has 2 saturated heterocycles. The quantitative estimate of drug-likeness (QED) is 0.281. The molecule has 43 heavy (non-hydrogen) atoms. The molecule has 5 heterocycles. The molecule has 6 rings (SSSR count). The molecule has 1 aromatic carbocycles. The first-order chi connectivity index (χ1) is 20.4. The molecule has 9 nitrogen and oxygen atoms in total. The lowest BCUT2D eigenvalue weighted by molar-refractivity contribution is -0.137. The third-order valence-electron chi connectivity index (χ3n) is 8.46. The Morgan fingerprint density at radius 2 is 2.05 bits per heavy atom. The van der Waals surface area contributed by atoms with Crippen molar-refractivity contribution in [2.45, 2.75) is 50.1 Å². The summed E-state index contributed by atoms with van der Waals surface area (Å²) in [4.78, 5) is 17.2. The molecule has 2 fully saturated rings. The highest BCUT2D eigenvalue weighted by Gasteiger charge is 2.49. The highest BCUT2D eigenvalue weighted by molar-refractivity contribution is 6.32. The van der Waals surface area contributed by atoms with Gasteiger partial charge in [0.05, 0.1) is 22.2 Å². The third kappa shape index (κ3) is 5.27. The van der Waals surface area contributed by atoms with Crippen molar-refractivity contribution in [2.75, 3.05) is 57.1 Å². The topological polar surface area (TPSA) is 102 Å². The average molecular weight is 628 g/mol. The maximum absolute atomic E-state index is 16.5. The number of aromatic nitrogens is 3. The van der Waals surface area contributed by atoms with E-state index in [-0.39, 0.29) is 53.6 Å². The van der Waals surface area contributed by atoms with Crippen molar-refractivity contribution < 1.29 is 31.4 Å². The maximum Gasteiger partial charge on any atom is 0.418 e. The molecule has 0 radical (unpaired) electrons. The van der Waals surface area contributed by atoms with Crippen LogP contribution in [0, 0.1) is 5.82 Å². The molecule has 0 spiro atoms. The van der Waals surface area contributed by atoms with E-state index < -0.39 is 45.5 Å². The van der Waals surface area contributed by atoms with Gasteiger partial charge in [-0.05, 0) is 45.5 Å². The number of anilines is 2. The summed E-state index contributed by atoms with van der Waals surface area (Å²) < 4.78 is 85.4. The van der Waals surface area contributed by atoms with Crippen molar-refractivity contribution in [3.63, 3.8) is 0 Å². The monoisotopic (exact) mass is 627 g/mol. The van der Waals surface area contributed by atoms with Crippen LogP contribution in [0.3, 0.4) is 0 Å². The van der Waals surface area contributed by atoms with Crippen LogP contribution in [0.1, 0.15) is 31.7 Å². The first-order valence-corrected chi connectivity index (χ1v) is 14.4. The van der Waals surface area contributed by atoms with Crippen LogP contribution in [0.4, 0.5) is 33.5 Å². The molecule has 3 atom stereocenters. The molecule has 0 aliphatic carbocycles. The Kier molecular flexibility index (Phi) is 7.66. The van der Waals surface area contributed by atoms with Gasteiger partial charge in [0, 0.05) is 37.3 Å². The molecule has 15 heteroatoms. The minimum absolute atomic E-state index is 0.0798. The van der Waals surface area contributed by atoms with Crippen molar-refractivity contribution in [3.8, 4) is 23.1 Å². The van der Waals surface area contributed by atoms with Gasteiger partial charge < -0.3 is 25.4 Å². The minimum atomic E-state index is -4.94. The van der Waals surface area contributed by atoms with Crippen LogP contribution >= 0.6 is 11.6 Å². The Hall–Kier alpha value is -3.23. The second-order valence-corrected chi connectivity index (χ2v) is 11.8. The summed E-state index contributed by atoms with van der Waals surface area (Å²) in [5, 5.41) is 2.48. The zero-order valence-electron chi connectivity index (χ0n) is 23.6. The summed E-state index contributed by atoms with van der Waals surface area (Å²) >= 11 is 5.97. The molecule has 3 N–H and O–H groups in total. The smallest absolute Gasteiger partial charge is 0.418 e. The van der Waals surface area contributed by atoms with E-state index in [9.17, 15) is 17.6 Å². The Bertz CT molecular complexity index is 1560. The lowest BCUT2D eigenvalue weighted by Gasteiger charge is -2.31. The number of likely N-dealkylation sites (N-methyl/N-ethyl adjacent to an activating group) is 1. The fraction of sp³-hybridized carbons (Fsp3) is 0.536. The highest BCUT2D eigenvalue weighted by atomic mass is 35.5. The molecular formula is C28H31ClF5N7O2. The lowest BCUT2D eigenvalue weighted by Crippen LogP contribution is -2.43. The fourth-order valence-electron chi connectivity index (χ4n) is 6.47.